The predicted molar refractivity (Wildman–Crippen MR) is 127 cm³/mol. The van der Waals surface area contributed by atoms with E-state index in [1.807, 2.05) is 36.6 Å². The highest BCUT2D eigenvalue weighted by Crippen LogP contribution is 2.34. The lowest BCUT2D eigenvalue weighted by Gasteiger charge is -2.06. The van der Waals surface area contributed by atoms with E-state index in [2.05, 4.69) is 10.3 Å². The van der Waals surface area contributed by atoms with Gasteiger partial charge in [0, 0.05) is 29.6 Å². The van der Waals surface area contributed by atoms with Gasteiger partial charge in [-0.25, -0.2) is 9.37 Å². The van der Waals surface area contributed by atoms with Crippen molar-refractivity contribution in [2.24, 2.45) is 7.05 Å². The van der Waals surface area contributed by atoms with Crippen molar-refractivity contribution >= 4 is 33.6 Å². The first-order valence-corrected chi connectivity index (χ1v) is 10.9. The maximum atomic E-state index is 13.8. The van der Waals surface area contributed by atoms with Gasteiger partial charge in [0.15, 0.2) is 11.5 Å². The second kappa shape index (κ2) is 10.7. The molecule has 1 amide bonds. The van der Waals surface area contributed by atoms with Crippen LogP contribution in [0.5, 0.6) is 11.5 Å². The lowest BCUT2D eigenvalue weighted by molar-refractivity contribution is -0.109. The second-order valence-electron chi connectivity index (χ2n) is 7.11. The zero-order chi connectivity index (χ0) is 24.0. The van der Waals surface area contributed by atoms with Gasteiger partial charge in [-0.3, -0.25) is 9.59 Å². The smallest absolute Gasteiger partial charge is 0.207 e. The van der Waals surface area contributed by atoms with Crippen molar-refractivity contribution < 1.29 is 23.5 Å². The summed E-state index contributed by atoms with van der Waals surface area (Å²) >= 11 is 1.30. The van der Waals surface area contributed by atoms with E-state index in [0.29, 0.717) is 16.9 Å². The number of ketones is 1. The fourth-order valence-electron chi connectivity index (χ4n) is 3.21. The van der Waals surface area contributed by atoms with Crippen LogP contribution in [0.15, 0.2) is 48.0 Å². The van der Waals surface area contributed by atoms with Gasteiger partial charge in [-0.1, -0.05) is 18.2 Å². The molecule has 0 aliphatic carbocycles. The summed E-state index contributed by atoms with van der Waals surface area (Å²) in [5, 5.41) is 4.91. The molecule has 0 atom stereocenters. The number of aryl methyl sites for hydroxylation is 2. The van der Waals surface area contributed by atoms with Gasteiger partial charge >= 0.3 is 0 Å². The topological polar surface area (TPSA) is 82.5 Å². The van der Waals surface area contributed by atoms with E-state index in [-0.39, 0.29) is 23.8 Å². The van der Waals surface area contributed by atoms with Gasteiger partial charge in [0.05, 0.1) is 25.5 Å². The molecule has 2 heterocycles. The third-order valence-electron chi connectivity index (χ3n) is 4.84. The van der Waals surface area contributed by atoms with Crippen LogP contribution in [-0.4, -0.2) is 42.5 Å². The Morgan fingerprint density at radius 1 is 1.21 bits per heavy atom. The summed E-state index contributed by atoms with van der Waals surface area (Å²) in [6.45, 7) is 1.92. The first kappa shape index (κ1) is 23.9. The minimum absolute atomic E-state index is 0.0982. The van der Waals surface area contributed by atoms with Crippen molar-refractivity contribution in [1.29, 1.82) is 0 Å². The molecule has 0 radical (unpaired) electrons. The number of methoxy groups -OCH3 is 2. The highest BCUT2D eigenvalue weighted by molar-refractivity contribution is 7.17. The zero-order valence-corrected chi connectivity index (χ0v) is 19.5. The fraction of sp³-hybridized carbons (Fsp3) is 0.208. The van der Waals surface area contributed by atoms with Crippen LogP contribution in [-0.2, 0) is 11.8 Å². The van der Waals surface area contributed by atoms with Crippen molar-refractivity contribution in [1.82, 2.24) is 14.9 Å². The minimum atomic E-state index is -0.278. The summed E-state index contributed by atoms with van der Waals surface area (Å²) in [6.07, 6.45) is 2.07. The number of fused-ring (bicyclic) bond motifs is 1. The third-order valence-corrected chi connectivity index (χ3v) is 5.84. The SMILES string of the molecule is COc1ccc(C)cc1OC.Cn1cc(C(=O)CNC=O)nc1-c1csc2c(F)cccc12. The molecule has 9 heteroatoms. The van der Waals surface area contributed by atoms with Crippen molar-refractivity contribution in [3.05, 3.63) is 65.0 Å². The molecule has 0 unspecified atom stereocenters. The Hall–Kier alpha value is -3.72. The number of carbonyl (C=O) groups excluding carboxylic acids is 2. The molecule has 0 spiro atoms. The monoisotopic (exact) mass is 469 g/mol. The summed E-state index contributed by atoms with van der Waals surface area (Å²) in [4.78, 5) is 26.5. The Morgan fingerprint density at radius 2 is 1.97 bits per heavy atom. The maximum absolute atomic E-state index is 13.8. The number of nitrogens with zero attached hydrogens (tertiary/aromatic N) is 2. The number of rotatable bonds is 7. The van der Waals surface area contributed by atoms with Crippen LogP contribution in [0.3, 0.4) is 0 Å². The number of halogens is 1. The highest BCUT2D eigenvalue weighted by Gasteiger charge is 2.17. The average molecular weight is 470 g/mol. The summed E-state index contributed by atoms with van der Waals surface area (Å²) in [5.74, 6) is 1.60. The molecule has 4 rings (SSSR count). The molecular weight excluding hydrogens is 445 g/mol. The molecule has 0 aliphatic heterocycles. The number of aromatic nitrogens is 2. The van der Waals surface area contributed by atoms with E-state index in [9.17, 15) is 14.0 Å². The van der Waals surface area contributed by atoms with Crippen LogP contribution in [0.25, 0.3) is 21.5 Å². The van der Waals surface area contributed by atoms with E-state index in [1.165, 1.54) is 23.0 Å². The van der Waals surface area contributed by atoms with Crippen molar-refractivity contribution in [3.8, 4) is 22.9 Å². The van der Waals surface area contributed by atoms with Gasteiger partial charge in [0.2, 0.25) is 12.2 Å². The van der Waals surface area contributed by atoms with Crippen molar-refractivity contribution in [3.63, 3.8) is 0 Å². The summed E-state index contributed by atoms with van der Waals surface area (Å²) in [7, 11) is 5.04. The average Bonchev–Trinajstić information content (AvgIpc) is 3.42. The number of carbonyl (C=O) groups is 2. The zero-order valence-electron chi connectivity index (χ0n) is 18.7. The van der Waals surface area contributed by atoms with Gasteiger partial charge < -0.3 is 19.4 Å². The third kappa shape index (κ3) is 5.38. The number of nitrogens with one attached hydrogen (secondary N) is 1. The Kier molecular flexibility index (Phi) is 7.78. The van der Waals surface area contributed by atoms with Crippen molar-refractivity contribution in [2.75, 3.05) is 20.8 Å². The Morgan fingerprint density at radius 3 is 2.67 bits per heavy atom. The summed E-state index contributed by atoms with van der Waals surface area (Å²) in [5.41, 5.74) is 2.22. The Balaban J connectivity index is 0.000000235. The van der Waals surface area contributed by atoms with Crippen LogP contribution in [0.1, 0.15) is 16.1 Å². The summed E-state index contributed by atoms with van der Waals surface area (Å²) < 4.78 is 26.2. The van der Waals surface area contributed by atoms with Crippen LogP contribution in [0.4, 0.5) is 4.39 Å². The molecule has 4 aromatic rings. The maximum Gasteiger partial charge on any atom is 0.207 e. The van der Waals surface area contributed by atoms with E-state index < -0.39 is 0 Å². The van der Waals surface area contributed by atoms with Gasteiger partial charge in [0.25, 0.3) is 0 Å². The van der Waals surface area contributed by atoms with E-state index in [4.69, 9.17) is 9.47 Å². The first-order valence-electron chi connectivity index (χ1n) is 9.97. The second-order valence-corrected chi connectivity index (χ2v) is 7.99. The lowest BCUT2D eigenvalue weighted by Crippen LogP contribution is -2.21. The first-order chi connectivity index (χ1) is 15.9. The van der Waals surface area contributed by atoms with Gasteiger partial charge in [0.1, 0.15) is 17.3 Å². The number of ether oxygens (including phenoxy) is 2. The molecule has 0 saturated carbocycles. The van der Waals surface area contributed by atoms with Gasteiger partial charge in [-0.05, 0) is 30.7 Å². The lowest BCUT2D eigenvalue weighted by atomic mass is 10.1. The molecular formula is C24H24FN3O4S. The molecule has 172 valence electrons. The number of hydrogen-bond donors (Lipinski definition) is 1. The van der Waals surface area contributed by atoms with E-state index >= 15 is 0 Å². The minimum Gasteiger partial charge on any atom is -0.493 e. The predicted octanol–water partition coefficient (Wildman–Crippen LogP) is 4.38. The number of Topliss-reactive ketones (excluding diaryl/α,β-unsaturated/α-hetero) is 1. The number of thiophene rings is 1. The fourth-order valence-corrected chi connectivity index (χ4v) is 4.17. The molecule has 2 aromatic carbocycles. The number of hydrogen-bond acceptors (Lipinski definition) is 6. The molecule has 7 nitrogen and oxygen atoms in total. The molecule has 0 bridgehead atoms. The molecule has 33 heavy (non-hydrogen) atoms. The number of imidazole rings is 1. The number of amides is 1. The van der Waals surface area contributed by atoms with Crippen LogP contribution in [0, 0.1) is 12.7 Å². The molecule has 0 aliphatic rings. The Labute approximate surface area is 194 Å². The molecule has 0 fully saturated rings. The number of benzene rings is 2. The van der Waals surface area contributed by atoms with Crippen LogP contribution < -0.4 is 14.8 Å². The van der Waals surface area contributed by atoms with Gasteiger partial charge in [-0.15, -0.1) is 11.3 Å². The van der Waals surface area contributed by atoms with Crippen molar-refractivity contribution in [2.45, 2.75) is 6.92 Å². The van der Waals surface area contributed by atoms with E-state index in [0.717, 1.165) is 22.4 Å². The quantitative estimate of drug-likeness (QED) is 0.321. The molecule has 0 saturated heterocycles. The van der Waals surface area contributed by atoms with Gasteiger partial charge in [-0.2, -0.15) is 0 Å². The highest BCUT2D eigenvalue weighted by atomic mass is 32.1. The largest absolute Gasteiger partial charge is 0.493 e. The van der Waals surface area contributed by atoms with E-state index in [1.54, 1.807) is 38.1 Å². The molecule has 1 N–H and O–H groups in total. The van der Waals surface area contributed by atoms with Crippen LogP contribution in [0.2, 0.25) is 0 Å². The normalized spacial score (nSPS) is 10.3. The Bertz CT molecular complexity index is 1280. The standard InChI is InChI=1S/C15H12FN3O2S.C9H12O2/c1-19-6-12(13(21)5-17-8-20)18-15(19)10-7-22-14-9(10)3-2-4-11(14)16;1-7-4-5-8(10-2)9(6-7)11-3/h2-4,6-8H,5H2,1H3,(H,17,20);4-6H,1-3H3. The van der Waals surface area contributed by atoms with Crippen LogP contribution >= 0.6 is 11.3 Å². The summed E-state index contributed by atoms with van der Waals surface area (Å²) in [6, 6.07) is 10.7. The molecule has 2 aromatic heterocycles.